The molecule has 0 amide bonds. The summed E-state index contributed by atoms with van der Waals surface area (Å²) in [4.78, 5) is 12.3. The average molecular weight is 425 g/mol. The van der Waals surface area contributed by atoms with E-state index in [0.717, 1.165) is 38.6 Å². The average Bonchev–Trinajstić information content (AvgIpc) is 3.19. The van der Waals surface area contributed by atoms with Gasteiger partial charge in [0.2, 0.25) is 0 Å². The van der Waals surface area contributed by atoms with Crippen LogP contribution in [0.2, 0.25) is 0 Å². The summed E-state index contributed by atoms with van der Waals surface area (Å²) in [5, 5.41) is 3.43. The number of hydrogen-bond donors (Lipinski definition) is 1. The highest BCUT2D eigenvalue weighted by Gasteiger charge is 2.16. The molecule has 31 heavy (non-hydrogen) atoms. The molecule has 3 rings (SSSR count). The first-order chi connectivity index (χ1) is 15.2. The number of aliphatic imine (C=N–C) groups is 1. The Kier molecular flexibility index (Phi) is 9.43. The van der Waals surface area contributed by atoms with Crippen LogP contribution in [0.25, 0.3) is 0 Å². The Hall–Kier alpha value is -2.31. The van der Waals surface area contributed by atoms with Gasteiger partial charge in [-0.1, -0.05) is 30.3 Å². The molecule has 0 saturated carbocycles. The molecule has 0 atom stereocenters. The lowest BCUT2D eigenvalue weighted by atomic mass is 10.2. The SMILES string of the molecule is CCNC(=NCCCCN1CCN(Cc2ccccc2)CC1)N(C)Cc1cccn1C. The van der Waals surface area contributed by atoms with Crippen LogP contribution >= 0.6 is 0 Å². The molecule has 1 aliphatic heterocycles. The zero-order chi connectivity index (χ0) is 21.9. The first kappa shape index (κ1) is 23.4. The molecule has 1 aromatic heterocycles. The highest BCUT2D eigenvalue weighted by atomic mass is 15.3. The van der Waals surface area contributed by atoms with Crippen LogP contribution in [0.15, 0.2) is 53.7 Å². The van der Waals surface area contributed by atoms with E-state index >= 15 is 0 Å². The second-order valence-corrected chi connectivity index (χ2v) is 8.51. The minimum atomic E-state index is 0.864. The lowest BCUT2D eigenvalue weighted by molar-refractivity contribution is 0.126. The van der Waals surface area contributed by atoms with Crippen LogP contribution in [0.5, 0.6) is 0 Å². The third kappa shape index (κ3) is 7.71. The first-order valence-corrected chi connectivity index (χ1v) is 11.7. The van der Waals surface area contributed by atoms with E-state index in [1.54, 1.807) is 0 Å². The summed E-state index contributed by atoms with van der Waals surface area (Å²) in [6.07, 6.45) is 4.44. The van der Waals surface area contributed by atoms with Gasteiger partial charge >= 0.3 is 0 Å². The Labute approximate surface area is 188 Å². The van der Waals surface area contributed by atoms with E-state index in [1.807, 2.05) is 0 Å². The zero-order valence-corrected chi connectivity index (χ0v) is 19.6. The fraction of sp³-hybridized carbons (Fsp3) is 0.560. The number of unbranched alkanes of at least 4 members (excludes halogenated alkanes) is 1. The van der Waals surface area contributed by atoms with Crippen molar-refractivity contribution in [1.82, 2.24) is 24.6 Å². The smallest absolute Gasteiger partial charge is 0.194 e. The maximum atomic E-state index is 4.86. The van der Waals surface area contributed by atoms with Gasteiger partial charge in [0.05, 0.1) is 6.54 Å². The van der Waals surface area contributed by atoms with Crippen LogP contribution in [-0.4, -0.2) is 78.1 Å². The fourth-order valence-electron chi connectivity index (χ4n) is 4.09. The molecule has 170 valence electrons. The summed E-state index contributed by atoms with van der Waals surface area (Å²) < 4.78 is 2.17. The Morgan fingerprint density at radius 2 is 1.74 bits per heavy atom. The largest absolute Gasteiger partial charge is 0.357 e. The molecular weight excluding hydrogens is 384 g/mol. The van der Waals surface area contributed by atoms with Gasteiger partial charge in [-0.2, -0.15) is 0 Å². The van der Waals surface area contributed by atoms with Gasteiger partial charge in [0.15, 0.2) is 5.96 Å². The predicted molar refractivity (Wildman–Crippen MR) is 130 cm³/mol. The van der Waals surface area contributed by atoms with Crippen molar-refractivity contribution in [1.29, 1.82) is 0 Å². The van der Waals surface area contributed by atoms with Crippen LogP contribution in [0.4, 0.5) is 0 Å². The van der Waals surface area contributed by atoms with Crippen molar-refractivity contribution < 1.29 is 0 Å². The van der Waals surface area contributed by atoms with Crippen molar-refractivity contribution in [2.75, 3.05) is 52.9 Å². The standard InChI is InChI=1S/C25H40N6/c1-4-26-25(29(3)22-24-13-10-15-28(24)2)27-14-8-9-16-30-17-19-31(20-18-30)21-23-11-6-5-7-12-23/h5-7,10-13,15H,4,8-9,14,16-22H2,1-3H3,(H,26,27). The van der Waals surface area contributed by atoms with Gasteiger partial charge < -0.3 is 19.7 Å². The molecule has 6 heteroatoms. The van der Waals surface area contributed by atoms with Crippen molar-refractivity contribution in [2.45, 2.75) is 32.9 Å². The van der Waals surface area contributed by atoms with Crippen LogP contribution in [-0.2, 0) is 20.1 Å². The molecule has 0 radical (unpaired) electrons. The van der Waals surface area contributed by atoms with Crippen LogP contribution < -0.4 is 5.32 Å². The third-order valence-electron chi connectivity index (χ3n) is 6.00. The Morgan fingerprint density at radius 3 is 2.42 bits per heavy atom. The number of benzene rings is 1. The van der Waals surface area contributed by atoms with E-state index in [-0.39, 0.29) is 0 Å². The lowest BCUT2D eigenvalue weighted by Gasteiger charge is -2.34. The molecule has 0 spiro atoms. The minimum Gasteiger partial charge on any atom is -0.357 e. The second-order valence-electron chi connectivity index (χ2n) is 8.51. The Bertz CT molecular complexity index is 776. The number of hydrogen-bond acceptors (Lipinski definition) is 3. The number of aryl methyl sites for hydroxylation is 1. The molecule has 0 aliphatic carbocycles. The van der Waals surface area contributed by atoms with Crippen molar-refractivity contribution >= 4 is 5.96 Å². The molecule has 1 aromatic carbocycles. The summed E-state index contributed by atoms with van der Waals surface area (Å²) in [5.74, 6) is 0.998. The Balaban J connectivity index is 1.33. The zero-order valence-electron chi connectivity index (χ0n) is 19.6. The quantitative estimate of drug-likeness (QED) is 0.362. The molecule has 1 N–H and O–H groups in total. The van der Waals surface area contributed by atoms with Gasteiger partial charge in [-0.05, 0) is 44.0 Å². The Morgan fingerprint density at radius 1 is 1.00 bits per heavy atom. The summed E-state index contributed by atoms with van der Waals surface area (Å²) in [6.45, 7) is 11.7. The van der Waals surface area contributed by atoms with E-state index in [1.165, 1.54) is 50.4 Å². The number of nitrogens with zero attached hydrogens (tertiary/aromatic N) is 5. The van der Waals surface area contributed by atoms with Crippen molar-refractivity contribution in [3.8, 4) is 0 Å². The number of nitrogens with one attached hydrogen (secondary N) is 1. The van der Waals surface area contributed by atoms with E-state index in [4.69, 9.17) is 4.99 Å². The molecule has 2 heterocycles. The minimum absolute atomic E-state index is 0.864. The van der Waals surface area contributed by atoms with Crippen LogP contribution in [0.3, 0.4) is 0 Å². The van der Waals surface area contributed by atoms with Crippen molar-refractivity contribution in [2.24, 2.45) is 12.0 Å². The highest BCUT2D eigenvalue weighted by molar-refractivity contribution is 5.79. The monoisotopic (exact) mass is 424 g/mol. The van der Waals surface area contributed by atoms with E-state index in [0.29, 0.717) is 0 Å². The number of rotatable bonds is 10. The molecule has 2 aromatic rings. The molecule has 6 nitrogen and oxygen atoms in total. The topological polar surface area (TPSA) is 39.0 Å². The predicted octanol–water partition coefficient (Wildman–Crippen LogP) is 3.02. The second kappa shape index (κ2) is 12.5. The van der Waals surface area contributed by atoms with Crippen LogP contribution in [0.1, 0.15) is 31.0 Å². The summed E-state index contributed by atoms with van der Waals surface area (Å²) >= 11 is 0. The molecule has 1 aliphatic rings. The van der Waals surface area contributed by atoms with Gasteiger partial charge in [-0.15, -0.1) is 0 Å². The maximum absolute atomic E-state index is 4.86. The summed E-state index contributed by atoms with van der Waals surface area (Å²) in [6, 6.07) is 15.1. The van der Waals surface area contributed by atoms with Gasteiger partial charge in [0.1, 0.15) is 0 Å². The van der Waals surface area contributed by atoms with E-state index in [9.17, 15) is 0 Å². The number of piperazine rings is 1. The molecular formula is C25H40N6. The third-order valence-corrected chi connectivity index (χ3v) is 6.00. The number of guanidine groups is 1. The highest BCUT2D eigenvalue weighted by Crippen LogP contribution is 2.09. The molecule has 1 fully saturated rings. The van der Waals surface area contributed by atoms with E-state index < -0.39 is 0 Å². The molecule has 1 saturated heterocycles. The van der Waals surface area contributed by atoms with Crippen molar-refractivity contribution in [3.63, 3.8) is 0 Å². The molecule has 0 bridgehead atoms. The number of aromatic nitrogens is 1. The van der Waals surface area contributed by atoms with Gasteiger partial charge in [0, 0.05) is 71.8 Å². The first-order valence-electron chi connectivity index (χ1n) is 11.7. The van der Waals surface area contributed by atoms with Gasteiger partial charge in [0.25, 0.3) is 0 Å². The lowest BCUT2D eigenvalue weighted by Crippen LogP contribution is -2.46. The van der Waals surface area contributed by atoms with Gasteiger partial charge in [-0.3, -0.25) is 9.89 Å². The molecule has 0 unspecified atom stereocenters. The van der Waals surface area contributed by atoms with E-state index in [2.05, 4.69) is 94.3 Å². The van der Waals surface area contributed by atoms with Crippen molar-refractivity contribution in [3.05, 3.63) is 59.9 Å². The summed E-state index contributed by atoms with van der Waals surface area (Å²) in [5.41, 5.74) is 2.71. The summed E-state index contributed by atoms with van der Waals surface area (Å²) in [7, 11) is 4.21. The fourth-order valence-corrected chi connectivity index (χ4v) is 4.09. The normalized spacial score (nSPS) is 15.9. The van der Waals surface area contributed by atoms with Gasteiger partial charge in [-0.25, -0.2) is 0 Å². The van der Waals surface area contributed by atoms with Crippen LogP contribution in [0, 0.1) is 0 Å². The maximum Gasteiger partial charge on any atom is 0.194 e.